The van der Waals surface area contributed by atoms with E-state index < -0.39 is 36.8 Å². The topological polar surface area (TPSA) is 196 Å². The molecule has 0 aliphatic carbocycles. The van der Waals surface area contributed by atoms with Crippen molar-refractivity contribution in [2.75, 3.05) is 28.2 Å². The van der Waals surface area contributed by atoms with E-state index in [1.54, 1.807) is 52.3 Å². The summed E-state index contributed by atoms with van der Waals surface area (Å²) in [6.45, 7) is 3.83. The van der Waals surface area contributed by atoms with Crippen molar-refractivity contribution in [2.24, 2.45) is 5.92 Å². The van der Waals surface area contributed by atoms with Crippen LogP contribution in [0, 0.1) is 5.92 Å². The molecule has 0 aliphatic rings. The fourth-order valence-corrected chi connectivity index (χ4v) is 7.19. The molecule has 0 atom stereocenters. The lowest BCUT2D eigenvalue weighted by Gasteiger charge is -2.28. The zero-order valence-corrected chi connectivity index (χ0v) is 35.8. The Balaban J connectivity index is 1.27. The van der Waals surface area contributed by atoms with E-state index in [1.807, 2.05) is 98.8 Å². The highest BCUT2D eigenvalue weighted by molar-refractivity contribution is 6.10. The van der Waals surface area contributed by atoms with Gasteiger partial charge in [0.15, 0.2) is 0 Å². The van der Waals surface area contributed by atoms with E-state index in [2.05, 4.69) is 20.9 Å². The Kier molecular flexibility index (Phi) is 14.2. The maximum absolute atomic E-state index is 14.9. The molecule has 65 heavy (non-hydrogen) atoms. The number of nitrogens with zero attached hydrogens (tertiary/aromatic N) is 5. The van der Waals surface area contributed by atoms with Crippen molar-refractivity contribution in [3.63, 3.8) is 0 Å². The van der Waals surface area contributed by atoms with Crippen molar-refractivity contribution in [1.82, 2.24) is 20.3 Å². The lowest BCUT2D eigenvalue weighted by Crippen LogP contribution is -2.35. The molecule has 0 saturated carbocycles. The Labute approximate surface area is 374 Å². The average molecular weight is 874 g/mol. The summed E-state index contributed by atoms with van der Waals surface area (Å²) in [5.74, 6) is -3.37. The van der Waals surface area contributed by atoms with Crippen LogP contribution in [0.2, 0.25) is 0 Å². The van der Waals surface area contributed by atoms with E-state index in [4.69, 9.17) is 9.84 Å². The lowest BCUT2D eigenvalue weighted by molar-refractivity contribution is -0.138. The van der Waals surface area contributed by atoms with Crippen LogP contribution in [0.1, 0.15) is 61.7 Å². The van der Waals surface area contributed by atoms with Gasteiger partial charge in [0.05, 0.1) is 18.4 Å². The van der Waals surface area contributed by atoms with Gasteiger partial charge in [-0.25, -0.2) is 4.68 Å². The summed E-state index contributed by atoms with van der Waals surface area (Å²) in [6.07, 6.45) is 1.45. The third kappa shape index (κ3) is 11.6. The number of rotatable bonds is 19. The van der Waals surface area contributed by atoms with Crippen LogP contribution in [-0.2, 0) is 35.8 Å². The van der Waals surface area contributed by atoms with Crippen LogP contribution >= 0.6 is 0 Å². The molecule has 4 N–H and O–H groups in total. The van der Waals surface area contributed by atoms with Crippen LogP contribution in [0.5, 0.6) is 5.75 Å². The van der Waals surface area contributed by atoms with Gasteiger partial charge >= 0.3 is 11.9 Å². The number of fused-ring (bicyclic) bond motifs is 1. The summed E-state index contributed by atoms with van der Waals surface area (Å²) in [5.41, 5.74) is 4.83. The van der Waals surface area contributed by atoms with Gasteiger partial charge in [-0.2, -0.15) is 0 Å². The highest BCUT2D eigenvalue weighted by atomic mass is 16.5. The molecule has 330 valence electrons. The smallest absolute Gasteiger partial charge is 0.325 e. The number of carboxylic acids is 2. The second-order valence-corrected chi connectivity index (χ2v) is 15.7. The molecule has 0 radical (unpaired) electrons. The quantitative estimate of drug-likeness (QED) is 0.0623. The molecule has 1 heterocycles. The van der Waals surface area contributed by atoms with Crippen molar-refractivity contribution in [3.8, 4) is 5.75 Å². The van der Waals surface area contributed by atoms with Crippen molar-refractivity contribution >= 4 is 57.5 Å². The number of ether oxygens (including phenoxy) is 1. The number of carbonyl (C=O) groups is 5. The first kappa shape index (κ1) is 44.7. The standard InChI is InChI=1S/C50H47N7O8/c1-33(2)28-56(42-22-17-36(18-23-42)48(62)52-27-46(58)59)50(64)38-19-24-44(45(25-38)65-32-41-30-55(54-53-41)31-47(60)61)57(29-39-13-8-12-35-11-6-7-14-43(35)39)49(63)37-15-20-40(21-16-37)51-26-34-9-4-3-5-10-34/h3-25,30,33,51H,26-29,31-32H2,1-2H3,(H,52,62)(H,58,59)(H,60,61). The van der Waals surface area contributed by atoms with E-state index in [1.165, 1.54) is 23.0 Å². The number of hydrogen-bond donors (Lipinski definition) is 4. The SMILES string of the molecule is CC(C)CN(C(=O)c1ccc(N(Cc2cccc3ccccc23)C(=O)c2ccc(NCc3ccccc3)cc2)c(OCc2cn(CC(=O)O)nn2)c1)c1ccc(C(=O)NCC(=O)O)cc1. The minimum Gasteiger partial charge on any atom is -0.485 e. The number of carboxylic acid groups (broad SMARTS) is 2. The van der Waals surface area contributed by atoms with Crippen molar-refractivity contribution in [1.29, 1.82) is 0 Å². The van der Waals surface area contributed by atoms with Gasteiger partial charge in [0.1, 0.15) is 31.1 Å². The number of nitrogens with one attached hydrogen (secondary N) is 2. The predicted octanol–water partition coefficient (Wildman–Crippen LogP) is 7.67. The molecule has 3 amide bonds. The van der Waals surface area contributed by atoms with Gasteiger partial charge in [0.25, 0.3) is 17.7 Å². The van der Waals surface area contributed by atoms with Crippen LogP contribution in [0.3, 0.4) is 0 Å². The molecule has 0 unspecified atom stereocenters. The van der Waals surface area contributed by atoms with Gasteiger partial charge in [-0.15, -0.1) is 5.10 Å². The monoisotopic (exact) mass is 873 g/mol. The van der Waals surface area contributed by atoms with Gasteiger partial charge in [-0.3, -0.25) is 24.0 Å². The normalized spacial score (nSPS) is 10.9. The minimum atomic E-state index is -1.18. The van der Waals surface area contributed by atoms with Crippen molar-refractivity contribution < 1.29 is 38.9 Å². The Bertz CT molecular complexity index is 2800. The van der Waals surface area contributed by atoms with Crippen LogP contribution in [0.4, 0.5) is 17.1 Å². The maximum Gasteiger partial charge on any atom is 0.325 e. The summed E-state index contributed by atoms with van der Waals surface area (Å²) >= 11 is 0. The largest absolute Gasteiger partial charge is 0.485 e. The predicted molar refractivity (Wildman–Crippen MR) is 246 cm³/mol. The Morgan fingerprint density at radius 1 is 0.723 bits per heavy atom. The lowest BCUT2D eigenvalue weighted by atomic mass is 10.0. The molecule has 6 aromatic carbocycles. The van der Waals surface area contributed by atoms with Gasteiger partial charge in [-0.1, -0.05) is 91.9 Å². The van der Waals surface area contributed by atoms with Crippen molar-refractivity contribution in [2.45, 2.75) is 40.1 Å². The molecule has 15 nitrogen and oxygen atoms in total. The number of benzene rings is 6. The Morgan fingerprint density at radius 2 is 1.40 bits per heavy atom. The van der Waals surface area contributed by atoms with Gasteiger partial charge < -0.3 is 35.4 Å². The number of aromatic nitrogens is 3. The zero-order chi connectivity index (χ0) is 45.9. The van der Waals surface area contributed by atoms with E-state index in [0.717, 1.165) is 27.6 Å². The van der Waals surface area contributed by atoms with Crippen LogP contribution < -0.4 is 25.2 Å². The maximum atomic E-state index is 14.9. The third-order valence-electron chi connectivity index (χ3n) is 10.3. The molecule has 7 rings (SSSR count). The number of aliphatic carboxylic acids is 2. The highest BCUT2D eigenvalue weighted by Crippen LogP contribution is 2.35. The molecule has 7 aromatic rings. The first-order chi connectivity index (χ1) is 31.4. The fourth-order valence-electron chi connectivity index (χ4n) is 7.19. The molecule has 0 fully saturated rings. The fraction of sp³-hybridized carbons (Fsp3) is 0.180. The molecular weight excluding hydrogens is 827 g/mol. The highest BCUT2D eigenvalue weighted by Gasteiger charge is 2.26. The van der Waals surface area contributed by atoms with Gasteiger partial charge in [-0.05, 0) is 94.5 Å². The van der Waals surface area contributed by atoms with Crippen LogP contribution in [-0.4, -0.2) is 68.0 Å². The molecule has 1 aromatic heterocycles. The van der Waals surface area contributed by atoms with E-state index in [-0.39, 0.29) is 41.9 Å². The number of amides is 3. The van der Waals surface area contributed by atoms with E-state index in [0.29, 0.717) is 35.7 Å². The third-order valence-corrected chi connectivity index (χ3v) is 10.3. The molecule has 0 saturated heterocycles. The van der Waals surface area contributed by atoms with Gasteiger partial charge in [0.2, 0.25) is 0 Å². The summed E-state index contributed by atoms with van der Waals surface area (Å²) in [7, 11) is 0. The van der Waals surface area contributed by atoms with Crippen molar-refractivity contribution in [3.05, 3.63) is 179 Å². The zero-order valence-electron chi connectivity index (χ0n) is 35.8. The van der Waals surface area contributed by atoms with Crippen LogP contribution in [0.25, 0.3) is 10.8 Å². The number of carbonyl (C=O) groups excluding carboxylic acids is 3. The molecule has 15 heteroatoms. The second kappa shape index (κ2) is 20.7. The van der Waals surface area contributed by atoms with Gasteiger partial charge in [0, 0.05) is 41.2 Å². The van der Waals surface area contributed by atoms with Crippen LogP contribution in [0.15, 0.2) is 146 Å². The summed E-state index contributed by atoms with van der Waals surface area (Å²) in [6, 6.07) is 42.1. The first-order valence-corrected chi connectivity index (χ1v) is 20.9. The number of hydrogen-bond acceptors (Lipinski definition) is 9. The average Bonchev–Trinajstić information content (AvgIpc) is 3.76. The molecule has 0 aliphatic heterocycles. The Morgan fingerprint density at radius 3 is 2.12 bits per heavy atom. The summed E-state index contributed by atoms with van der Waals surface area (Å²) in [4.78, 5) is 67.7. The molecular formula is C50H47N7O8. The first-order valence-electron chi connectivity index (χ1n) is 20.9. The van der Waals surface area contributed by atoms with E-state index in [9.17, 15) is 29.1 Å². The van der Waals surface area contributed by atoms with E-state index >= 15 is 0 Å². The minimum absolute atomic E-state index is 0.0228. The summed E-state index contributed by atoms with van der Waals surface area (Å²) < 4.78 is 7.61. The Hall–Kier alpha value is -8.33. The molecule has 0 bridgehead atoms. The summed E-state index contributed by atoms with van der Waals surface area (Å²) in [5, 5.41) is 34.0. The molecule has 0 spiro atoms. The second-order valence-electron chi connectivity index (χ2n) is 15.7. The number of anilines is 3.